The molecule has 2 aromatic carbocycles. The van der Waals surface area contributed by atoms with Gasteiger partial charge in [-0.3, -0.25) is 9.89 Å². The van der Waals surface area contributed by atoms with Crippen molar-refractivity contribution >= 4 is 27.8 Å². The number of aryl methyl sites for hydroxylation is 1. The Kier molecular flexibility index (Phi) is 5.67. The fourth-order valence-corrected chi connectivity index (χ4v) is 5.83. The van der Waals surface area contributed by atoms with Crippen LogP contribution in [0.1, 0.15) is 55.8 Å². The molecule has 1 fully saturated rings. The van der Waals surface area contributed by atoms with Crippen molar-refractivity contribution in [3.8, 4) is 5.69 Å². The van der Waals surface area contributed by atoms with E-state index in [0.717, 1.165) is 11.3 Å². The predicted molar refractivity (Wildman–Crippen MR) is 130 cm³/mol. The average Bonchev–Trinajstić information content (AvgIpc) is 3.52. The Morgan fingerprint density at radius 1 is 1.29 bits per heavy atom. The van der Waals surface area contributed by atoms with Crippen LogP contribution >= 0.6 is 0 Å². The first kappa shape index (κ1) is 23.5. The number of hydrogen-bond donors (Lipinski definition) is 2. The number of H-pyrrole nitrogens is 1. The van der Waals surface area contributed by atoms with E-state index in [0.29, 0.717) is 58.9 Å². The Morgan fingerprint density at radius 3 is 2.71 bits per heavy atom. The van der Waals surface area contributed by atoms with Crippen LogP contribution in [0.15, 0.2) is 30.5 Å². The Bertz CT molecular complexity index is 1450. The molecule has 0 saturated heterocycles. The third-order valence-electron chi connectivity index (χ3n) is 7.38. The van der Waals surface area contributed by atoms with Gasteiger partial charge in [-0.2, -0.15) is 5.10 Å². The highest BCUT2D eigenvalue weighted by Gasteiger charge is 2.40. The van der Waals surface area contributed by atoms with Crippen LogP contribution in [-0.2, 0) is 14.9 Å². The molecule has 2 unspecified atom stereocenters. The summed E-state index contributed by atoms with van der Waals surface area (Å²) in [6, 6.07) is 6.78. The zero-order valence-corrected chi connectivity index (χ0v) is 20.3. The van der Waals surface area contributed by atoms with Crippen molar-refractivity contribution in [2.75, 3.05) is 13.7 Å². The third-order valence-corrected chi connectivity index (χ3v) is 7.38. The van der Waals surface area contributed by atoms with Gasteiger partial charge in [-0.25, -0.2) is 8.78 Å². The summed E-state index contributed by atoms with van der Waals surface area (Å²) in [6.07, 6.45) is 3.21. The van der Waals surface area contributed by atoms with Crippen LogP contribution in [-0.4, -0.2) is 39.6 Å². The fourth-order valence-electron chi connectivity index (χ4n) is 5.83. The number of aromatic amines is 1. The molecule has 1 aliphatic carbocycles. The molecule has 2 atom stereocenters. The van der Waals surface area contributed by atoms with E-state index in [9.17, 15) is 14.3 Å². The van der Waals surface area contributed by atoms with Crippen LogP contribution in [0.3, 0.4) is 0 Å². The maximum Gasteiger partial charge on any atom is 0.306 e. The van der Waals surface area contributed by atoms with E-state index in [4.69, 9.17) is 4.74 Å². The Hall–Kier alpha value is -3.26. The van der Waals surface area contributed by atoms with Gasteiger partial charge < -0.3 is 14.4 Å². The van der Waals surface area contributed by atoms with Gasteiger partial charge in [-0.05, 0) is 67.5 Å². The van der Waals surface area contributed by atoms with E-state index in [-0.39, 0.29) is 11.7 Å². The van der Waals surface area contributed by atoms with Gasteiger partial charge in [0.05, 0.1) is 24.2 Å². The average molecular weight is 482 g/mol. The number of aliphatic carboxylic acids is 1. The number of rotatable bonds is 6. The molecule has 8 heteroatoms. The first-order valence-electron chi connectivity index (χ1n) is 11.8. The molecular formula is C27H29F2N3O3. The highest BCUT2D eigenvalue weighted by Crippen LogP contribution is 2.49. The summed E-state index contributed by atoms with van der Waals surface area (Å²) in [5.74, 6) is -2.15. The minimum absolute atomic E-state index is 0.137. The lowest BCUT2D eigenvalue weighted by molar-refractivity contribution is -0.141. The molecule has 0 aliphatic heterocycles. The van der Waals surface area contributed by atoms with E-state index in [1.807, 2.05) is 24.5 Å². The van der Waals surface area contributed by atoms with Crippen LogP contribution < -0.4 is 0 Å². The number of carboxylic acid groups (broad SMARTS) is 1. The van der Waals surface area contributed by atoms with Gasteiger partial charge >= 0.3 is 5.97 Å². The lowest BCUT2D eigenvalue weighted by Gasteiger charge is -2.29. The van der Waals surface area contributed by atoms with E-state index >= 15 is 4.39 Å². The normalized spacial score (nSPS) is 18.7. The summed E-state index contributed by atoms with van der Waals surface area (Å²) in [5.41, 5.74) is 3.28. The SMILES string of the molecule is COCC(C)(C)c1c(C2CCC(C(=O)O)C2)c2c(F)c3[nH]ncc3cc2n1-c1ccc(F)c(C)c1. The summed E-state index contributed by atoms with van der Waals surface area (Å²) in [5, 5.41) is 17.6. The van der Waals surface area contributed by atoms with E-state index in [2.05, 4.69) is 10.2 Å². The van der Waals surface area contributed by atoms with E-state index in [1.54, 1.807) is 32.4 Å². The number of halogens is 2. The lowest BCUT2D eigenvalue weighted by atomic mass is 9.82. The molecule has 6 nitrogen and oxygen atoms in total. The molecule has 0 spiro atoms. The molecule has 0 bridgehead atoms. The second-order valence-electron chi connectivity index (χ2n) is 10.3. The van der Waals surface area contributed by atoms with Crippen molar-refractivity contribution in [2.24, 2.45) is 5.92 Å². The van der Waals surface area contributed by atoms with Crippen LogP contribution in [0, 0.1) is 24.5 Å². The number of carboxylic acids is 1. The summed E-state index contributed by atoms with van der Waals surface area (Å²) < 4.78 is 38.0. The highest BCUT2D eigenvalue weighted by atomic mass is 19.1. The number of nitrogens with one attached hydrogen (secondary N) is 1. The van der Waals surface area contributed by atoms with Crippen molar-refractivity contribution in [3.05, 3.63) is 58.9 Å². The maximum absolute atomic E-state index is 16.2. The van der Waals surface area contributed by atoms with Gasteiger partial charge in [0.25, 0.3) is 0 Å². The number of aromatic nitrogens is 3. The molecule has 2 heterocycles. The zero-order valence-electron chi connectivity index (χ0n) is 20.3. The molecule has 1 saturated carbocycles. The quantitative estimate of drug-likeness (QED) is 0.355. The molecule has 2 N–H and O–H groups in total. The van der Waals surface area contributed by atoms with Crippen molar-refractivity contribution in [2.45, 2.75) is 51.4 Å². The molecular weight excluding hydrogens is 452 g/mol. The number of benzene rings is 2. The van der Waals surface area contributed by atoms with Gasteiger partial charge in [0.2, 0.25) is 0 Å². The number of hydrogen-bond acceptors (Lipinski definition) is 3. The Labute approximate surface area is 201 Å². The standard InChI is InChI=1S/C27H29F2N3O3/c1-14-9-18(7-8-19(14)28)32-20-11-17-12-30-31-24(17)23(29)22(20)21(25(32)27(2,3)13-35-4)15-5-6-16(10-15)26(33)34/h7-9,11-12,15-16H,5-6,10,13H2,1-4H3,(H,30,31)(H,33,34). The summed E-state index contributed by atoms with van der Waals surface area (Å²) in [7, 11) is 1.63. The minimum Gasteiger partial charge on any atom is -0.481 e. The molecule has 5 rings (SSSR count). The summed E-state index contributed by atoms with van der Waals surface area (Å²) >= 11 is 0. The van der Waals surface area contributed by atoms with Crippen molar-refractivity contribution in [3.63, 3.8) is 0 Å². The molecule has 4 aromatic rings. The number of fused-ring (bicyclic) bond motifs is 2. The van der Waals surface area contributed by atoms with Gasteiger partial charge in [0, 0.05) is 34.7 Å². The lowest BCUT2D eigenvalue weighted by Crippen LogP contribution is -2.28. The first-order valence-corrected chi connectivity index (χ1v) is 11.8. The van der Waals surface area contributed by atoms with Crippen molar-refractivity contribution in [1.82, 2.24) is 14.8 Å². The van der Waals surface area contributed by atoms with Crippen molar-refractivity contribution < 1.29 is 23.4 Å². The highest BCUT2D eigenvalue weighted by molar-refractivity contribution is 6.00. The predicted octanol–water partition coefficient (Wildman–Crippen LogP) is 5.99. The summed E-state index contributed by atoms with van der Waals surface area (Å²) in [4.78, 5) is 11.8. The third kappa shape index (κ3) is 3.71. The minimum atomic E-state index is -0.820. The fraction of sp³-hybridized carbons (Fsp3) is 0.407. The molecule has 184 valence electrons. The number of nitrogens with zero attached hydrogens (tertiary/aromatic N) is 2. The van der Waals surface area contributed by atoms with Crippen LogP contribution in [0.25, 0.3) is 27.5 Å². The molecule has 2 aromatic heterocycles. The van der Waals surface area contributed by atoms with Gasteiger partial charge in [-0.1, -0.05) is 13.8 Å². The molecule has 35 heavy (non-hydrogen) atoms. The monoisotopic (exact) mass is 481 g/mol. The molecule has 0 radical (unpaired) electrons. The first-order chi connectivity index (χ1) is 16.6. The summed E-state index contributed by atoms with van der Waals surface area (Å²) in [6.45, 7) is 6.15. The molecule has 1 aliphatic rings. The second kappa shape index (κ2) is 8.45. The smallest absolute Gasteiger partial charge is 0.306 e. The Balaban J connectivity index is 1.92. The van der Waals surface area contributed by atoms with Crippen LogP contribution in [0.2, 0.25) is 0 Å². The van der Waals surface area contributed by atoms with Crippen LogP contribution in [0.5, 0.6) is 0 Å². The topological polar surface area (TPSA) is 80.1 Å². The zero-order chi connectivity index (χ0) is 25.1. The Morgan fingerprint density at radius 2 is 2.06 bits per heavy atom. The van der Waals surface area contributed by atoms with Crippen molar-refractivity contribution in [1.29, 1.82) is 0 Å². The van der Waals surface area contributed by atoms with Crippen LogP contribution in [0.4, 0.5) is 8.78 Å². The number of methoxy groups -OCH3 is 1. The maximum atomic E-state index is 16.2. The van der Waals surface area contributed by atoms with E-state index in [1.165, 1.54) is 6.07 Å². The van der Waals surface area contributed by atoms with E-state index < -0.39 is 23.1 Å². The van der Waals surface area contributed by atoms with Gasteiger partial charge in [0.15, 0.2) is 5.82 Å². The number of carbonyl (C=O) groups is 1. The van der Waals surface area contributed by atoms with Gasteiger partial charge in [0.1, 0.15) is 11.3 Å². The number of ether oxygens (including phenoxy) is 1. The largest absolute Gasteiger partial charge is 0.481 e. The van der Waals surface area contributed by atoms with Gasteiger partial charge in [-0.15, -0.1) is 0 Å². The molecule has 0 amide bonds. The second-order valence-corrected chi connectivity index (χ2v) is 10.3.